The molecule has 0 fully saturated rings. The van der Waals surface area contributed by atoms with E-state index in [2.05, 4.69) is 10.1 Å². The Morgan fingerprint density at radius 3 is 2.54 bits per heavy atom. The Hall–Kier alpha value is -3.67. The number of carbonyl (C=O) groups is 1. The lowest BCUT2D eigenvalue weighted by Gasteiger charge is -2.07. The predicted molar refractivity (Wildman–Crippen MR) is 97.7 cm³/mol. The second kappa shape index (κ2) is 6.68. The van der Waals surface area contributed by atoms with E-state index in [0.717, 1.165) is 22.4 Å². The molecule has 0 aliphatic rings. The number of benzene rings is 2. The predicted octanol–water partition coefficient (Wildman–Crippen LogP) is 3.07. The van der Waals surface area contributed by atoms with Gasteiger partial charge in [-0.25, -0.2) is 9.50 Å². The molecular formula is C20H16N4O2. The largest absolute Gasteiger partial charge is 0.489 e. The molecule has 0 saturated carbocycles. The molecule has 0 bridgehead atoms. The Morgan fingerprint density at radius 1 is 1.04 bits per heavy atom. The minimum atomic E-state index is -0.565. The summed E-state index contributed by atoms with van der Waals surface area (Å²) in [6, 6.07) is 19.2. The molecule has 0 atom stereocenters. The van der Waals surface area contributed by atoms with Crippen molar-refractivity contribution in [1.29, 1.82) is 0 Å². The highest BCUT2D eigenvalue weighted by atomic mass is 16.5. The summed E-state index contributed by atoms with van der Waals surface area (Å²) in [4.78, 5) is 15.7. The van der Waals surface area contributed by atoms with Crippen LogP contribution in [-0.4, -0.2) is 20.5 Å². The number of fused-ring (bicyclic) bond motifs is 1. The third kappa shape index (κ3) is 3.12. The second-order valence-electron chi connectivity index (χ2n) is 5.80. The summed E-state index contributed by atoms with van der Waals surface area (Å²) in [5.74, 6) is 0.212. The van der Waals surface area contributed by atoms with Gasteiger partial charge >= 0.3 is 0 Å². The summed E-state index contributed by atoms with van der Waals surface area (Å²) in [7, 11) is 0. The van der Waals surface area contributed by atoms with Gasteiger partial charge in [0.15, 0.2) is 5.65 Å². The molecule has 0 spiro atoms. The topological polar surface area (TPSA) is 82.5 Å². The van der Waals surface area contributed by atoms with E-state index >= 15 is 0 Å². The average molecular weight is 344 g/mol. The number of primary amides is 1. The van der Waals surface area contributed by atoms with Crippen molar-refractivity contribution in [2.75, 3.05) is 0 Å². The first kappa shape index (κ1) is 15.8. The van der Waals surface area contributed by atoms with Crippen LogP contribution < -0.4 is 10.5 Å². The first-order valence-corrected chi connectivity index (χ1v) is 8.12. The van der Waals surface area contributed by atoms with Crippen molar-refractivity contribution < 1.29 is 9.53 Å². The Bertz CT molecular complexity index is 1060. The van der Waals surface area contributed by atoms with Gasteiger partial charge in [-0.1, -0.05) is 42.5 Å². The standard InChI is InChI=1S/C20H16N4O2/c21-19(25)18-10-11-24-20(23-18)17(12-22-24)15-6-8-16(9-7-15)26-13-14-4-2-1-3-5-14/h1-12H,13H2,(H2,21,25). The summed E-state index contributed by atoms with van der Waals surface area (Å²) in [6.07, 6.45) is 3.39. The van der Waals surface area contributed by atoms with Crippen LogP contribution in [0.4, 0.5) is 0 Å². The number of aromatic nitrogens is 3. The highest BCUT2D eigenvalue weighted by Gasteiger charge is 2.11. The number of hydrogen-bond donors (Lipinski definition) is 1. The summed E-state index contributed by atoms with van der Waals surface area (Å²) in [5.41, 5.74) is 8.98. The Kier molecular flexibility index (Phi) is 4.07. The highest BCUT2D eigenvalue weighted by Crippen LogP contribution is 2.26. The molecule has 0 aliphatic heterocycles. The van der Waals surface area contributed by atoms with Crippen molar-refractivity contribution in [1.82, 2.24) is 14.6 Å². The lowest BCUT2D eigenvalue weighted by molar-refractivity contribution is 0.0995. The normalized spacial score (nSPS) is 10.8. The van der Waals surface area contributed by atoms with Crippen LogP contribution in [0.25, 0.3) is 16.8 Å². The van der Waals surface area contributed by atoms with Crippen LogP contribution in [0.5, 0.6) is 5.75 Å². The van der Waals surface area contributed by atoms with E-state index in [9.17, 15) is 4.79 Å². The SMILES string of the molecule is NC(=O)c1ccn2ncc(-c3ccc(OCc4ccccc4)cc3)c2n1. The molecule has 128 valence electrons. The molecule has 6 heteroatoms. The highest BCUT2D eigenvalue weighted by molar-refractivity contribution is 5.92. The number of ether oxygens (including phenoxy) is 1. The molecular weight excluding hydrogens is 328 g/mol. The molecule has 6 nitrogen and oxygen atoms in total. The number of rotatable bonds is 5. The zero-order chi connectivity index (χ0) is 17.9. The van der Waals surface area contributed by atoms with Crippen molar-refractivity contribution in [3.8, 4) is 16.9 Å². The molecule has 4 aromatic rings. The van der Waals surface area contributed by atoms with Crippen LogP contribution in [0.15, 0.2) is 73.1 Å². The third-order valence-electron chi connectivity index (χ3n) is 4.04. The molecule has 0 aliphatic carbocycles. The van der Waals surface area contributed by atoms with E-state index in [4.69, 9.17) is 10.5 Å². The maximum Gasteiger partial charge on any atom is 0.267 e. The van der Waals surface area contributed by atoms with Gasteiger partial charge in [-0.05, 0) is 29.3 Å². The summed E-state index contributed by atoms with van der Waals surface area (Å²) < 4.78 is 7.42. The minimum Gasteiger partial charge on any atom is -0.489 e. The quantitative estimate of drug-likeness (QED) is 0.603. The van der Waals surface area contributed by atoms with Crippen molar-refractivity contribution in [2.24, 2.45) is 5.73 Å². The van der Waals surface area contributed by atoms with Crippen molar-refractivity contribution >= 4 is 11.6 Å². The van der Waals surface area contributed by atoms with Crippen LogP contribution in [0.1, 0.15) is 16.1 Å². The molecule has 1 amide bonds. The van der Waals surface area contributed by atoms with E-state index in [-0.39, 0.29) is 5.69 Å². The van der Waals surface area contributed by atoms with Crippen LogP contribution in [0.3, 0.4) is 0 Å². The lowest BCUT2D eigenvalue weighted by Crippen LogP contribution is -2.13. The van der Waals surface area contributed by atoms with E-state index in [1.807, 2.05) is 54.6 Å². The molecule has 0 saturated heterocycles. The number of nitrogens with two attached hydrogens (primary N) is 1. The van der Waals surface area contributed by atoms with Crippen LogP contribution in [-0.2, 0) is 6.61 Å². The molecule has 0 radical (unpaired) electrons. The molecule has 4 rings (SSSR count). The first-order chi connectivity index (χ1) is 12.7. The number of hydrogen-bond acceptors (Lipinski definition) is 4. The van der Waals surface area contributed by atoms with Gasteiger partial charge in [-0.2, -0.15) is 5.10 Å². The van der Waals surface area contributed by atoms with Crippen molar-refractivity contribution in [3.63, 3.8) is 0 Å². The van der Waals surface area contributed by atoms with Gasteiger partial charge in [0.25, 0.3) is 5.91 Å². The second-order valence-corrected chi connectivity index (χ2v) is 5.80. The maximum atomic E-state index is 11.4. The fourth-order valence-corrected chi connectivity index (χ4v) is 2.68. The van der Waals surface area contributed by atoms with Crippen LogP contribution >= 0.6 is 0 Å². The van der Waals surface area contributed by atoms with E-state index < -0.39 is 5.91 Å². The maximum absolute atomic E-state index is 11.4. The zero-order valence-electron chi connectivity index (χ0n) is 13.9. The monoisotopic (exact) mass is 344 g/mol. The van der Waals surface area contributed by atoms with Crippen LogP contribution in [0, 0.1) is 0 Å². The van der Waals surface area contributed by atoms with Crippen molar-refractivity contribution in [2.45, 2.75) is 6.61 Å². The van der Waals surface area contributed by atoms with Crippen LogP contribution in [0.2, 0.25) is 0 Å². The Morgan fingerprint density at radius 2 is 1.81 bits per heavy atom. The van der Waals surface area contributed by atoms with E-state index in [1.165, 1.54) is 0 Å². The molecule has 2 N–H and O–H groups in total. The van der Waals surface area contributed by atoms with Crippen molar-refractivity contribution in [3.05, 3.63) is 84.3 Å². The average Bonchev–Trinajstić information content (AvgIpc) is 3.11. The first-order valence-electron chi connectivity index (χ1n) is 8.12. The number of amides is 1. The summed E-state index contributed by atoms with van der Waals surface area (Å²) in [5, 5.41) is 4.26. The Labute approximate surface area is 149 Å². The summed E-state index contributed by atoms with van der Waals surface area (Å²) in [6.45, 7) is 0.514. The van der Waals surface area contributed by atoms with Gasteiger partial charge in [0, 0.05) is 11.8 Å². The molecule has 2 aromatic heterocycles. The number of carbonyl (C=O) groups excluding carboxylic acids is 1. The lowest BCUT2D eigenvalue weighted by atomic mass is 10.1. The molecule has 2 heterocycles. The van der Waals surface area contributed by atoms with Gasteiger partial charge in [-0.3, -0.25) is 4.79 Å². The fourth-order valence-electron chi connectivity index (χ4n) is 2.68. The van der Waals surface area contributed by atoms with Gasteiger partial charge < -0.3 is 10.5 Å². The van der Waals surface area contributed by atoms with Gasteiger partial charge in [0.05, 0.1) is 6.20 Å². The molecule has 0 unspecified atom stereocenters. The van der Waals surface area contributed by atoms with E-state index in [0.29, 0.717) is 12.3 Å². The molecule has 2 aromatic carbocycles. The smallest absolute Gasteiger partial charge is 0.267 e. The minimum absolute atomic E-state index is 0.210. The summed E-state index contributed by atoms with van der Waals surface area (Å²) >= 11 is 0. The van der Waals surface area contributed by atoms with Gasteiger partial charge in [0.2, 0.25) is 0 Å². The van der Waals surface area contributed by atoms with E-state index in [1.54, 1.807) is 23.0 Å². The fraction of sp³-hybridized carbons (Fsp3) is 0.0500. The zero-order valence-corrected chi connectivity index (χ0v) is 13.9. The molecule has 26 heavy (non-hydrogen) atoms. The Balaban J connectivity index is 1.58. The number of nitrogens with zero attached hydrogens (tertiary/aromatic N) is 3. The van der Waals surface area contributed by atoms with Gasteiger partial charge in [-0.15, -0.1) is 0 Å². The third-order valence-corrected chi connectivity index (χ3v) is 4.04. The van der Waals surface area contributed by atoms with Gasteiger partial charge in [0.1, 0.15) is 18.1 Å².